The topological polar surface area (TPSA) is 64.7 Å². The van der Waals surface area contributed by atoms with Crippen LogP contribution in [0.25, 0.3) is 88.0 Å². The van der Waals surface area contributed by atoms with Gasteiger partial charge in [0.15, 0.2) is 17.5 Å². The van der Waals surface area contributed by atoms with Gasteiger partial charge in [-0.2, -0.15) is 0 Å². The molecule has 0 saturated heterocycles. The van der Waals surface area contributed by atoms with Crippen LogP contribution in [-0.4, -0.2) is 19.9 Å². The van der Waals surface area contributed by atoms with Gasteiger partial charge in [0.2, 0.25) is 0 Å². The average Bonchev–Trinajstić information content (AvgIpc) is 3.73. The second-order valence-corrected chi connectivity index (χ2v) is 12.2. The summed E-state index contributed by atoms with van der Waals surface area (Å²) in [4.78, 5) is 19.6. The smallest absolute Gasteiger partial charge is 0.164 e. The molecule has 0 aliphatic carbocycles. The first-order chi connectivity index (χ1) is 22.7. The first kappa shape index (κ1) is 26.4. The average molecular weight is 609 g/mol. The van der Waals surface area contributed by atoms with Crippen molar-refractivity contribution in [2.24, 2.45) is 0 Å². The number of hydrogen-bond acceptors (Lipinski definition) is 6. The standard InChI is InChI=1S/C40H24N4OS/c1-4-10-25(11-5-1)37-42-38(26-12-6-2-7-13-26)44-39(43-37)30-18-21-35-32(23-30)31-22-28(17-20-34(31)45-35)29-16-19-33-36(24-29)46-40(41-33)27-14-8-3-9-15-27/h1-24H. The molecule has 3 aromatic heterocycles. The van der Waals surface area contributed by atoms with Crippen molar-refractivity contribution >= 4 is 43.5 Å². The van der Waals surface area contributed by atoms with E-state index in [1.54, 1.807) is 11.3 Å². The first-order valence-electron chi connectivity index (χ1n) is 15.1. The fourth-order valence-corrected chi connectivity index (χ4v) is 6.85. The Hall–Kier alpha value is -5.98. The zero-order valence-corrected chi connectivity index (χ0v) is 25.3. The first-order valence-corrected chi connectivity index (χ1v) is 15.9. The minimum absolute atomic E-state index is 0.616. The largest absolute Gasteiger partial charge is 0.456 e. The highest BCUT2D eigenvalue weighted by Gasteiger charge is 2.15. The highest BCUT2D eigenvalue weighted by molar-refractivity contribution is 7.21. The van der Waals surface area contributed by atoms with Crippen molar-refractivity contribution in [3.05, 3.63) is 146 Å². The maximum atomic E-state index is 6.28. The Labute approximate surface area is 268 Å². The van der Waals surface area contributed by atoms with Crippen LogP contribution in [0.1, 0.15) is 0 Å². The molecule has 0 aliphatic rings. The van der Waals surface area contributed by atoms with Crippen LogP contribution in [-0.2, 0) is 0 Å². The maximum absolute atomic E-state index is 6.28. The van der Waals surface area contributed by atoms with Crippen LogP contribution in [0.2, 0.25) is 0 Å². The lowest BCUT2D eigenvalue weighted by Gasteiger charge is -2.08. The van der Waals surface area contributed by atoms with Gasteiger partial charge in [0.05, 0.1) is 10.2 Å². The Morgan fingerprint density at radius 2 is 0.870 bits per heavy atom. The van der Waals surface area contributed by atoms with Crippen molar-refractivity contribution in [2.45, 2.75) is 0 Å². The van der Waals surface area contributed by atoms with Gasteiger partial charge >= 0.3 is 0 Å². The van der Waals surface area contributed by atoms with E-state index in [0.717, 1.165) is 70.5 Å². The number of hydrogen-bond donors (Lipinski definition) is 0. The third-order valence-corrected chi connectivity index (χ3v) is 9.24. The van der Waals surface area contributed by atoms with Crippen LogP contribution in [0.3, 0.4) is 0 Å². The molecule has 0 bridgehead atoms. The lowest BCUT2D eigenvalue weighted by Crippen LogP contribution is -2.00. The van der Waals surface area contributed by atoms with Gasteiger partial charge in [0.1, 0.15) is 16.2 Å². The van der Waals surface area contributed by atoms with E-state index in [9.17, 15) is 0 Å². The predicted molar refractivity (Wildman–Crippen MR) is 187 cm³/mol. The quantitative estimate of drug-likeness (QED) is 0.194. The Morgan fingerprint density at radius 1 is 0.391 bits per heavy atom. The van der Waals surface area contributed by atoms with Crippen molar-refractivity contribution in [3.8, 4) is 55.9 Å². The zero-order chi connectivity index (χ0) is 30.5. The Kier molecular flexibility index (Phi) is 6.25. The van der Waals surface area contributed by atoms with Crippen molar-refractivity contribution in [2.75, 3.05) is 0 Å². The highest BCUT2D eigenvalue weighted by Crippen LogP contribution is 2.37. The molecule has 6 heteroatoms. The van der Waals surface area contributed by atoms with Crippen molar-refractivity contribution < 1.29 is 4.42 Å². The van der Waals surface area contributed by atoms with Gasteiger partial charge in [-0.25, -0.2) is 19.9 Å². The summed E-state index contributed by atoms with van der Waals surface area (Å²) in [7, 11) is 0. The van der Waals surface area contributed by atoms with Crippen LogP contribution in [0.5, 0.6) is 0 Å². The van der Waals surface area contributed by atoms with E-state index in [4.69, 9.17) is 24.4 Å². The molecular formula is C40H24N4OS. The van der Waals surface area contributed by atoms with Crippen LogP contribution >= 0.6 is 11.3 Å². The van der Waals surface area contributed by atoms with Crippen molar-refractivity contribution in [1.29, 1.82) is 0 Å². The Balaban J connectivity index is 1.15. The van der Waals surface area contributed by atoms with Crippen LogP contribution in [0.4, 0.5) is 0 Å². The molecule has 0 fully saturated rings. The van der Waals surface area contributed by atoms with E-state index in [1.165, 1.54) is 0 Å². The van der Waals surface area contributed by atoms with E-state index in [-0.39, 0.29) is 0 Å². The summed E-state index contributed by atoms with van der Waals surface area (Å²) in [6.45, 7) is 0. The molecule has 0 unspecified atom stereocenters. The molecule has 3 heterocycles. The Bertz CT molecular complexity index is 2470. The van der Waals surface area contributed by atoms with E-state index in [0.29, 0.717) is 17.5 Å². The van der Waals surface area contributed by atoms with Crippen molar-refractivity contribution in [3.63, 3.8) is 0 Å². The maximum Gasteiger partial charge on any atom is 0.164 e. The second-order valence-electron chi connectivity index (χ2n) is 11.1. The lowest BCUT2D eigenvalue weighted by atomic mass is 10.0. The number of thiazole rings is 1. The predicted octanol–water partition coefficient (Wildman–Crippen LogP) is 10.7. The molecular weight excluding hydrogens is 585 g/mol. The van der Waals surface area contributed by atoms with Gasteiger partial charge < -0.3 is 4.42 Å². The molecule has 0 radical (unpaired) electrons. The fraction of sp³-hybridized carbons (Fsp3) is 0. The number of nitrogens with zero attached hydrogens (tertiary/aromatic N) is 4. The number of benzene rings is 6. The third-order valence-electron chi connectivity index (χ3n) is 8.17. The van der Waals surface area contributed by atoms with E-state index >= 15 is 0 Å². The summed E-state index contributed by atoms with van der Waals surface area (Å²) >= 11 is 1.72. The van der Waals surface area contributed by atoms with Crippen LogP contribution < -0.4 is 0 Å². The van der Waals surface area contributed by atoms with Crippen molar-refractivity contribution in [1.82, 2.24) is 19.9 Å². The van der Waals surface area contributed by atoms with E-state index in [2.05, 4.69) is 54.6 Å². The molecule has 9 rings (SSSR count). The highest BCUT2D eigenvalue weighted by atomic mass is 32.1. The van der Waals surface area contributed by atoms with Gasteiger partial charge in [-0.15, -0.1) is 11.3 Å². The molecule has 0 spiro atoms. The number of rotatable bonds is 5. The van der Waals surface area contributed by atoms with Gasteiger partial charge in [0.25, 0.3) is 0 Å². The van der Waals surface area contributed by atoms with Gasteiger partial charge in [-0.05, 0) is 53.6 Å². The molecule has 0 amide bonds. The van der Waals surface area contributed by atoms with E-state index < -0.39 is 0 Å². The minimum Gasteiger partial charge on any atom is -0.456 e. The van der Waals surface area contributed by atoms with Gasteiger partial charge in [0, 0.05) is 33.0 Å². The zero-order valence-electron chi connectivity index (χ0n) is 24.5. The SMILES string of the molecule is c1ccc(-c2nc(-c3ccccc3)nc(-c3ccc4oc5ccc(-c6ccc7nc(-c8ccccc8)sc7c6)cc5c4c3)n2)cc1. The van der Waals surface area contributed by atoms with Gasteiger partial charge in [-0.1, -0.05) is 103 Å². The third kappa shape index (κ3) is 4.72. The molecule has 216 valence electrons. The number of furan rings is 1. The fourth-order valence-electron chi connectivity index (χ4n) is 5.84. The van der Waals surface area contributed by atoms with Crippen LogP contribution in [0, 0.1) is 0 Å². The monoisotopic (exact) mass is 608 g/mol. The minimum atomic E-state index is 0.616. The van der Waals surface area contributed by atoms with Crippen LogP contribution in [0.15, 0.2) is 150 Å². The lowest BCUT2D eigenvalue weighted by molar-refractivity contribution is 0.669. The summed E-state index contributed by atoms with van der Waals surface area (Å²) in [5, 5.41) is 3.09. The molecule has 5 nitrogen and oxygen atoms in total. The molecule has 6 aromatic carbocycles. The normalized spacial score (nSPS) is 11.5. The molecule has 0 saturated carbocycles. The molecule has 0 aliphatic heterocycles. The van der Waals surface area contributed by atoms with E-state index in [1.807, 2.05) is 91.0 Å². The molecule has 46 heavy (non-hydrogen) atoms. The summed E-state index contributed by atoms with van der Waals surface area (Å²) in [5.41, 5.74) is 8.85. The summed E-state index contributed by atoms with van der Waals surface area (Å²) in [6.07, 6.45) is 0. The number of fused-ring (bicyclic) bond motifs is 4. The molecule has 0 N–H and O–H groups in total. The summed E-state index contributed by atoms with van der Waals surface area (Å²) < 4.78 is 7.44. The summed E-state index contributed by atoms with van der Waals surface area (Å²) in [5.74, 6) is 1.89. The summed E-state index contributed by atoms with van der Waals surface area (Å²) in [6, 6.07) is 49.4. The Morgan fingerprint density at radius 3 is 1.48 bits per heavy atom. The number of aromatic nitrogens is 4. The second kappa shape index (κ2) is 10.9. The molecule has 0 atom stereocenters. The molecule has 9 aromatic rings. The van der Waals surface area contributed by atoms with Gasteiger partial charge in [-0.3, -0.25) is 0 Å².